The van der Waals surface area contributed by atoms with E-state index >= 15 is 0 Å². The third-order valence-corrected chi connectivity index (χ3v) is 4.78. The SMILES string of the molecule is Cc1[nH]nc(C(N)=O)c1-c1ccc(C(=O)CCN2CCCCC2)cc1. The Morgan fingerprint density at radius 3 is 2.48 bits per heavy atom. The Morgan fingerprint density at radius 1 is 1.16 bits per heavy atom. The summed E-state index contributed by atoms with van der Waals surface area (Å²) in [6.45, 7) is 4.86. The van der Waals surface area contributed by atoms with Crippen molar-refractivity contribution >= 4 is 11.7 Å². The Bertz CT molecular complexity index is 758. The fourth-order valence-corrected chi connectivity index (χ4v) is 3.37. The van der Waals surface area contributed by atoms with Crippen LogP contribution in [0, 0.1) is 6.92 Å². The number of aromatic amines is 1. The topological polar surface area (TPSA) is 92.1 Å². The molecule has 1 aliphatic rings. The molecule has 6 heteroatoms. The number of hydrogen-bond acceptors (Lipinski definition) is 4. The summed E-state index contributed by atoms with van der Waals surface area (Å²) in [6.07, 6.45) is 4.30. The number of primary amides is 1. The Morgan fingerprint density at radius 2 is 1.84 bits per heavy atom. The van der Waals surface area contributed by atoms with Crippen molar-refractivity contribution in [3.05, 3.63) is 41.2 Å². The lowest BCUT2D eigenvalue weighted by molar-refractivity contribution is 0.0957. The molecule has 1 fully saturated rings. The summed E-state index contributed by atoms with van der Waals surface area (Å²) in [5.41, 5.74) is 8.59. The first kappa shape index (κ1) is 17.4. The number of carbonyl (C=O) groups excluding carboxylic acids is 2. The zero-order chi connectivity index (χ0) is 17.8. The third-order valence-electron chi connectivity index (χ3n) is 4.78. The number of hydrogen-bond donors (Lipinski definition) is 2. The molecule has 6 nitrogen and oxygen atoms in total. The molecule has 0 saturated carbocycles. The minimum atomic E-state index is -0.568. The molecule has 2 heterocycles. The average molecular weight is 340 g/mol. The summed E-state index contributed by atoms with van der Waals surface area (Å²) < 4.78 is 0. The highest BCUT2D eigenvalue weighted by molar-refractivity contribution is 5.99. The van der Waals surface area contributed by atoms with Gasteiger partial charge in [0.1, 0.15) is 0 Å². The van der Waals surface area contributed by atoms with Crippen LogP contribution in [0.3, 0.4) is 0 Å². The zero-order valence-corrected chi connectivity index (χ0v) is 14.5. The molecule has 0 spiro atoms. The number of aryl methyl sites for hydroxylation is 1. The maximum Gasteiger partial charge on any atom is 0.269 e. The minimum absolute atomic E-state index is 0.149. The van der Waals surface area contributed by atoms with Crippen LogP contribution in [0.15, 0.2) is 24.3 Å². The fraction of sp³-hybridized carbons (Fsp3) is 0.421. The van der Waals surface area contributed by atoms with Crippen molar-refractivity contribution in [2.45, 2.75) is 32.6 Å². The number of amides is 1. The van der Waals surface area contributed by atoms with E-state index in [9.17, 15) is 9.59 Å². The number of ketones is 1. The van der Waals surface area contributed by atoms with Gasteiger partial charge < -0.3 is 10.6 Å². The first-order chi connectivity index (χ1) is 12.1. The largest absolute Gasteiger partial charge is 0.364 e. The van der Waals surface area contributed by atoms with Gasteiger partial charge in [0.05, 0.1) is 0 Å². The summed E-state index contributed by atoms with van der Waals surface area (Å²) in [6, 6.07) is 7.31. The summed E-state index contributed by atoms with van der Waals surface area (Å²) in [7, 11) is 0. The number of nitrogens with two attached hydrogens (primary N) is 1. The summed E-state index contributed by atoms with van der Waals surface area (Å²) in [4.78, 5) is 26.3. The molecular weight excluding hydrogens is 316 g/mol. The van der Waals surface area contributed by atoms with Crippen molar-refractivity contribution in [1.82, 2.24) is 15.1 Å². The maximum atomic E-state index is 12.4. The first-order valence-electron chi connectivity index (χ1n) is 8.77. The number of likely N-dealkylation sites (tertiary alicyclic amines) is 1. The van der Waals surface area contributed by atoms with Crippen molar-refractivity contribution < 1.29 is 9.59 Å². The molecule has 0 aliphatic carbocycles. The highest BCUT2D eigenvalue weighted by Crippen LogP contribution is 2.26. The molecule has 1 aromatic carbocycles. The van der Waals surface area contributed by atoms with E-state index in [1.165, 1.54) is 19.3 Å². The summed E-state index contributed by atoms with van der Waals surface area (Å²) >= 11 is 0. The predicted molar refractivity (Wildman–Crippen MR) is 96.5 cm³/mol. The number of rotatable bonds is 6. The molecule has 0 bridgehead atoms. The van der Waals surface area contributed by atoms with Gasteiger partial charge in [0, 0.05) is 29.8 Å². The second-order valence-electron chi connectivity index (χ2n) is 6.59. The van der Waals surface area contributed by atoms with Crippen molar-refractivity contribution in [2.24, 2.45) is 5.73 Å². The maximum absolute atomic E-state index is 12.4. The van der Waals surface area contributed by atoms with E-state index in [1.54, 1.807) is 0 Å². The van der Waals surface area contributed by atoms with Crippen LogP contribution in [0.5, 0.6) is 0 Å². The van der Waals surface area contributed by atoms with Gasteiger partial charge in [-0.25, -0.2) is 0 Å². The number of aromatic nitrogens is 2. The van der Waals surface area contributed by atoms with E-state index in [0.29, 0.717) is 17.5 Å². The molecule has 1 aromatic heterocycles. The number of benzene rings is 1. The van der Waals surface area contributed by atoms with E-state index in [2.05, 4.69) is 15.1 Å². The van der Waals surface area contributed by atoms with Crippen LogP contribution in [-0.4, -0.2) is 46.4 Å². The number of H-pyrrole nitrogens is 1. The second-order valence-corrected chi connectivity index (χ2v) is 6.59. The molecule has 1 aliphatic heterocycles. The highest BCUT2D eigenvalue weighted by Gasteiger charge is 2.17. The normalized spacial score (nSPS) is 15.2. The van der Waals surface area contributed by atoms with Gasteiger partial charge >= 0.3 is 0 Å². The van der Waals surface area contributed by atoms with Crippen molar-refractivity contribution in [3.63, 3.8) is 0 Å². The molecule has 3 rings (SSSR count). The molecule has 1 amide bonds. The molecule has 3 N–H and O–H groups in total. The van der Waals surface area contributed by atoms with Crippen molar-refractivity contribution in [3.8, 4) is 11.1 Å². The number of piperidine rings is 1. The number of carbonyl (C=O) groups is 2. The van der Waals surface area contributed by atoms with Gasteiger partial charge in [-0.15, -0.1) is 0 Å². The lowest BCUT2D eigenvalue weighted by atomic mass is 9.99. The van der Waals surface area contributed by atoms with Gasteiger partial charge in [0.2, 0.25) is 0 Å². The number of Topliss-reactive ketones (excluding diaryl/α,β-unsaturated/α-hetero) is 1. The predicted octanol–water partition coefficient (Wildman–Crippen LogP) is 2.54. The molecule has 0 atom stereocenters. The molecule has 2 aromatic rings. The molecule has 0 unspecified atom stereocenters. The first-order valence-corrected chi connectivity index (χ1v) is 8.77. The Labute approximate surface area is 147 Å². The van der Waals surface area contributed by atoms with Crippen molar-refractivity contribution in [1.29, 1.82) is 0 Å². The van der Waals surface area contributed by atoms with E-state index < -0.39 is 5.91 Å². The van der Waals surface area contributed by atoms with Crippen LogP contribution >= 0.6 is 0 Å². The third kappa shape index (κ3) is 3.96. The lowest BCUT2D eigenvalue weighted by Crippen LogP contribution is -2.31. The molecule has 0 radical (unpaired) electrons. The Hall–Kier alpha value is -2.47. The fourth-order valence-electron chi connectivity index (χ4n) is 3.37. The minimum Gasteiger partial charge on any atom is -0.364 e. The van der Waals surface area contributed by atoms with Crippen LogP contribution < -0.4 is 5.73 Å². The van der Waals surface area contributed by atoms with Gasteiger partial charge in [-0.1, -0.05) is 30.7 Å². The Kier molecular flexibility index (Phi) is 5.28. The number of nitrogens with one attached hydrogen (secondary N) is 1. The number of nitrogens with zero attached hydrogens (tertiary/aromatic N) is 2. The van der Waals surface area contributed by atoms with Gasteiger partial charge in [0.25, 0.3) is 5.91 Å². The van der Waals surface area contributed by atoms with E-state index in [0.717, 1.165) is 30.9 Å². The zero-order valence-electron chi connectivity index (χ0n) is 14.5. The summed E-state index contributed by atoms with van der Waals surface area (Å²) in [5.74, 6) is -0.419. The monoisotopic (exact) mass is 340 g/mol. The average Bonchev–Trinajstić information content (AvgIpc) is 3.02. The smallest absolute Gasteiger partial charge is 0.269 e. The highest BCUT2D eigenvalue weighted by atomic mass is 16.1. The second kappa shape index (κ2) is 7.61. The van der Waals surface area contributed by atoms with E-state index in [1.807, 2.05) is 31.2 Å². The Balaban J connectivity index is 1.68. The van der Waals surface area contributed by atoms with Crippen LogP contribution in [0.4, 0.5) is 0 Å². The summed E-state index contributed by atoms with van der Waals surface area (Å²) in [5, 5.41) is 6.75. The van der Waals surface area contributed by atoms with Gasteiger partial charge in [-0.05, 0) is 38.4 Å². The van der Waals surface area contributed by atoms with Gasteiger partial charge in [-0.3, -0.25) is 14.7 Å². The molecule has 1 saturated heterocycles. The van der Waals surface area contributed by atoms with Crippen molar-refractivity contribution in [2.75, 3.05) is 19.6 Å². The molecule has 25 heavy (non-hydrogen) atoms. The van der Waals surface area contributed by atoms with Gasteiger partial charge in [-0.2, -0.15) is 5.10 Å². The van der Waals surface area contributed by atoms with E-state index in [-0.39, 0.29) is 11.5 Å². The van der Waals surface area contributed by atoms with E-state index in [4.69, 9.17) is 5.73 Å². The van der Waals surface area contributed by atoms with Crippen LogP contribution in [0.2, 0.25) is 0 Å². The standard InChI is InChI=1S/C19H24N4O2/c1-13-17(18(19(20)25)22-21-13)15-7-5-14(6-8-15)16(24)9-12-23-10-3-2-4-11-23/h5-8H,2-4,9-12H2,1H3,(H2,20,25)(H,21,22). The van der Waals surface area contributed by atoms with Crippen LogP contribution in [-0.2, 0) is 0 Å². The quantitative estimate of drug-likeness (QED) is 0.791. The lowest BCUT2D eigenvalue weighted by Gasteiger charge is -2.25. The molecule has 132 valence electrons. The van der Waals surface area contributed by atoms with Crippen LogP contribution in [0.25, 0.3) is 11.1 Å². The van der Waals surface area contributed by atoms with Gasteiger partial charge in [0.15, 0.2) is 11.5 Å². The van der Waals surface area contributed by atoms with Crippen LogP contribution in [0.1, 0.15) is 52.2 Å². The molecular formula is C19H24N4O2.